The van der Waals surface area contributed by atoms with Crippen LogP contribution < -0.4 is 11.1 Å². The van der Waals surface area contributed by atoms with Crippen molar-refractivity contribution in [2.45, 2.75) is 26.4 Å². The molecule has 102 valence electrons. The Hall–Kier alpha value is -1.83. The standard InChI is InChI=1S/C15H20N2O2/c1-11-7-8-12(6-5-9-16)10-13(11)17-14(18)15(2,3)19-4/h7-8,10H,9,16H2,1-4H3,(H,17,18). The molecule has 0 aliphatic carbocycles. The van der Waals surface area contributed by atoms with Crippen LogP contribution in [0.4, 0.5) is 5.69 Å². The topological polar surface area (TPSA) is 64.3 Å². The van der Waals surface area contributed by atoms with E-state index in [2.05, 4.69) is 17.2 Å². The molecule has 4 heteroatoms. The highest BCUT2D eigenvalue weighted by Crippen LogP contribution is 2.19. The highest BCUT2D eigenvalue weighted by molar-refractivity contribution is 5.97. The molecule has 0 aliphatic rings. The number of carbonyl (C=O) groups excluding carboxylic acids is 1. The maximum atomic E-state index is 12.1. The number of rotatable bonds is 3. The fraction of sp³-hybridized carbons (Fsp3) is 0.400. The highest BCUT2D eigenvalue weighted by atomic mass is 16.5. The second-order valence-electron chi connectivity index (χ2n) is 4.70. The summed E-state index contributed by atoms with van der Waals surface area (Å²) in [7, 11) is 1.51. The molecule has 0 bridgehead atoms. The number of anilines is 1. The lowest BCUT2D eigenvalue weighted by Gasteiger charge is -2.22. The first-order valence-electron chi connectivity index (χ1n) is 6.07. The van der Waals surface area contributed by atoms with Gasteiger partial charge in [-0.25, -0.2) is 0 Å². The van der Waals surface area contributed by atoms with Gasteiger partial charge in [-0.15, -0.1) is 0 Å². The third-order valence-corrected chi connectivity index (χ3v) is 2.88. The van der Waals surface area contributed by atoms with Crippen LogP contribution in [0.25, 0.3) is 0 Å². The number of methoxy groups -OCH3 is 1. The zero-order chi connectivity index (χ0) is 14.5. The minimum absolute atomic E-state index is 0.193. The summed E-state index contributed by atoms with van der Waals surface area (Å²) in [5, 5.41) is 2.86. The van der Waals surface area contributed by atoms with Gasteiger partial charge in [-0.1, -0.05) is 17.9 Å². The number of carbonyl (C=O) groups is 1. The summed E-state index contributed by atoms with van der Waals surface area (Å²) in [6.07, 6.45) is 0. The van der Waals surface area contributed by atoms with Crippen molar-refractivity contribution in [3.63, 3.8) is 0 Å². The Morgan fingerprint density at radius 2 is 2.16 bits per heavy atom. The third-order valence-electron chi connectivity index (χ3n) is 2.88. The predicted molar refractivity (Wildman–Crippen MR) is 76.8 cm³/mol. The highest BCUT2D eigenvalue weighted by Gasteiger charge is 2.27. The zero-order valence-corrected chi connectivity index (χ0v) is 11.8. The van der Waals surface area contributed by atoms with Crippen LogP contribution in [-0.4, -0.2) is 25.2 Å². The average Bonchev–Trinajstić information content (AvgIpc) is 2.39. The molecule has 0 radical (unpaired) electrons. The third kappa shape index (κ3) is 4.09. The molecule has 0 saturated heterocycles. The molecule has 3 N–H and O–H groups in total. The molecular formula is C15H20N2O2. The molecular weight excluding hydrogens is 240 g/mol. The second kappa shape index (κ2) is 6.37. The average molecular weight is 260 g/mol. The van der Waals surface area contributed by atoms with E-state index in [1.165, 1.54) is 7.11 Å². The summed E-state index contributed by atoms with van der Waals surface area (Å²) in [6.45, 7) is 5.67. The Morgan fingerprint density at radius 1 is 1.47 bits per heavy atom. The Balaban J connectivity index is 2.98. The molecule has 1 aromatic rings. The lowest BCUT2D eigenvalue weighted by molar-refractivity contribution is -0.133. The van der Waals surface area contributed by atoms with E-state index in [0.717, 1.165) is 16.8 Å². The first-order valence-corrected chi connectivity index (χ1v) is 6.07. The van der Waals surface area contributed by atoms with Gasteiger partial charge in [0.15, 0.2) is 0 Å². The molecule has 0 fully saturated rings. The van der Waals surface area contributed by atoms with E-state index in [1.54, 1.807) is 13.8 Å². The summed E-state index contributed by atoms with van der Waals surface area (Å²) in [4.78, 5) is 12.1. The monoisotopic (exact) mass is 260 g/mol. The fourth-order valence-electron chi connectivity index (χ4n) is 1.35. The number of hydrogen-bond acceptors (Lipinski definition) is 3. The van der Waals surface area contributed by atoms with Gasteiger partial charge in [0.05, 0.1) is 6.54 Å². The van der Waals surface area contributed by atoms with Crippen molar-refractivity contribution in [2.75, 3.05) is 19.0 Å². The quantitative estimate of drug-likeness (QED) is 0.813. The zero-order valence-electron chi connectivity index (χ0n) is 11.8. The van der Waals surface area contributed by atoms with Gasteiger partial charge in [0.2, 0.25) is 0 Å². The number of aryl methyl sites for hydroxylation is 1. The maximum absolute atomic E-state index is 12.1. The summed E-state index contributed by atoms with van der Waals surface area (Å²) in [5.74, 6) is 5.53. The largest absolute Gasteiger partial charge is 0.369 e. The number of nitrogens with two attached hydrogens (primary N) is 1. The molecule has 0 aliphatic heterocycles. The molecule has 0 saturated carbocycles. The van der Waals surface area contributed by atoms with E-state index in [0.29, 0.717) is 6.54 Å². The molecule has 0 heterocycles. The summed E-state index contributed by atoms with van der Waals surface area (Å²) >= 11 is 0. The van der Waals surface area contributed by atoms with Gasteiger partial charge in [0.1, 0.15) is 5.60 Å². The van der Waals surface area contributed by atoms with Gasteiger partial charge < -0.3 is 15.8 Å². The van der Waals surface area contributed by atoms with E-state index in [1.807, 2.05) is 25.1 Å². The number of ether oxygens (including phenoxy) is 1. The first-order chi connectivity index (χ1) is 8.90. The van der Waals surface area contributed by atoms with Crippen LogP contribution in [0, 0.1) is 18.8 Å². The lowest BCUT2D eigenvalue weighted by atomic mass is 10.1. The van der Waals surface area contributed by atoms with Crippen LogP contribution in [-0.2, 0) is 9.53 Å². The molecule has 4 nitrogen and oxygen atoms in total. The number of benzene rings is 1. The number of amides is 1. The number of nitrogens with one attached hydrogen (secondary N) is 1. The van der Waals surface area contributed by atoms with Gasteiger partial charge in [0, 0.05) is 18.4 Å². The van der Waals surface area contributed by atoms with Crippen molar-refractivity contribution < 1.29 is 9.53 Å². The van der Waals surface area contributed by atoms with Gasteiger partial charge >= 0.3 is 0 Å². The van der Waals surface area contributed by atoms with Crippen LogP contribution in [0.1, 0.15) is 25.0 Å². The molecule has 1 aromatic carbocycles. The van der Waals surface area contributed by atoms with Crippen molar-refractivity contribution >= 4 is 11.6 Å². The van der Waals surface area contributed by atoms with Crippen molar-refractivity contribution in [3.8, 4) is 11.8 Å². The van der Waals surface area contributed by atoms with E-state index in [4.69, 9.17) is 10.5 Å². The van der Waals surface area contributed by atoms with Crippen LogP contribution in [0.3, 0.4) is 0 Å². The predicted octanol–water partition coefficient (Wildman–Crippen LogP) is 1.67. The molecule has 0 aromatic heterocycles. The Labute approximate surface area is 114 Å². The van der Waals surface area contributed by atoms with Crippen molar-refractivity contribution in [2.24, 2.45) is 5.73 Å². The minimum Gasteiger partial charge on any atom is -0.369 e. The Bertz CT molecular complexity index is 525. The van der Waals surface area contributed by atoms with Crippen molar-refractivity contribution in [3.05, 3.63) is 29.3 Å². The molecule has 1 amide bonds. The maximum Gasteiger partial charge on any atom is 0.256 e. The van der Waals surface area contributed by atoms with Crippen LogP contribution in [0.2, 0.25) is 0 Å². The van der Waals surface area contributed by atoms with E-state index >= 15 is 0 Å². The lowest BCUT2D eigenvalue weighted by Crippen LogP contribution is -2.39. The fourth-order valence-corrected chi connectivity index (χ4v) is 1.35. The summed E-state index contributed by atoms with van der Waals surface area (Å²) in [5.41, 5.74) is 7.00. The van der Waals surface area contributed by atoms with Crippen LogP contribution in [0.15, 0.2) is 18.2 Å². The Morgan fingerprint density at radius 3 is 2.74 bits per heavy atom. The normalized spacial score (nSPS) is 10.6. The van der Waals surface area contributed by atoms with Gasteiger partial charge in [-0.05, 0) is 38.5 Å². The van der Waals surface area contributed by atoms with E-state index in [9.17, 15) is 4.79 Å². The smallest absolute Gasteiger partial charge is 0.256 e. The van der Waals surface area contributed by atoms with Crippen LogP contribution in [0.5, 0.6) is 0 Å². The molecule has 0 unspecified atom stereocenters. The Kier molecular flexibility index (Phi) is 5.11. The summed E-state index contributed by atoms with van der Waals surface area (Å²) in [6, 6.07) is 5.65. The molecule has 0 atom stereocenters. The van der Waals surface area contributed by atoms with Gasteiger partial charge in [-0.2, -0.15) is 0 Å². The summed E-state index contributed by atoms with van der Waals surface area (Å²) < 4.78 is 5.15. The number of hydrogen-bond donors (Lipinski definition) is 2. The van der Waals surface area contributed by atoms with Gasteiger partial charge in [-0.3, -0.25) is 4.79 Å². The molecule has 0 spiro atoms. The van der Waals surface area contributed by atoms with E-state index in [-0.39, 0.29) is 5.91 Å². The SMILES string of the molecule is COC(C)(C)C(=O)Nc1cc(C#CCN)ccc1C. The van der Waals surface area contributed by atoms with Gasteiger partial charge in [0.25, 0.3) is 5.91 Å². The first kappa shape index (κ1) is 15.2. The second-order valence-corrected chi connectivity index (χ2v) is 4.70. The molecule has 1 rings (SSSR count). The van der Waals surface area contributed by atoms with E-state index < -0.39 is 5.60 Å². The molecule has 19 heavy (non-hydrogen) atoms. The van der Waals surface area contributed by atoms with Crippen LogP contribution >= 0.6 is 0 Å². The van der Waals surface area contributed by atoms with Crippen molar-refractivity contribution in [1.82, 2.24) is 0 Å². The minimum atomic E-state index is -0.870. The van der Waals surface area contributed by atoms with Crippen molar-refractivity contribution in [1.29, 1.82) is 0 Å².